The first-order chi connectivity index (χ1) is 9.28. The van der Waals surface area contributed by atoms with Gasteiger partial charge in [-0.25, -0.2) is 4.98 Å². The Bertz CT molecular complexity index is 413. The van der Waals surface area contributed by atoms with Crippen molar-refractivity contribution in [2.24, 2.45) is 4.99 Å². The number of nitrogens with one attached hydrogen (secondary N) is 2. The van der Waals surface area contributed by atoms with Crippen molar-refractivity contribution in [3.63, 3.8) is 0 Å². The topological polar surface area (TPSA) is 49.3 Å². The fourth-order valence-corrected chi connectivity index (χ4v) is 3.24. The highest BCUT2D eigenvalue weighted by Crippen LogP contribution is 2.17. The maximum absolute atomic E-state index is 4.48. The molecule has 1 aliphatic rings. The summed E-state index contributed by atoms with van der Waals surface area (Å²) in [6, 6.07) is 0.618. The van der Waals surface area contributed by atoms with Crippen LogP contribution in [0.15, 0.2) is 10.4 Å². The molecule has 0 spiro atoms. The molecule has 1 aromatic heterocycles. The highest BCUT2D eigenvalue weighted by molar-refractivity contribution is 14.0. The number of nitrogens with zero attached hydrogens (tertiary/aromatic N) is 2. The van der Waals surface area contributed by atoms with Crippen molar-refractivity contribution in [1.82, 2.24) is 15.6 Å². The Kier molecular flexibility index (Phi) is 8.44. The van der Waals surface area contributed by atoms with Crippen LogP contribution in [0.1, 0.15) is 42.8 Å². The van der Waals surface area contributed by atoms with Crippen LogP contribution in [-0.4, -0.2) is 30.6 Å². The summed E-state index contributed by atoms with van der Waals surface area (Å²) in [5.74, 6) is 0.946. The van der Waals surface area contributed by atoms with Crippen LogP contribution in [0.2, 0.25) is 0 Å². The summed E-state index contributed by atoms with van der Waals surface area (Å²) in [5, 5.41) is 10.2. The molecule has 4 nitrogen and oxygen atoms in total. The van der Waals surface area contributed by atoms with Gasteiger partial charge in [-0.1, -0.05) is 12.8 Å². The maximum atomic E-state index is 4.48. The van der Waals surface area contributed by atoms with Crippen LogP contribution in [0.5, 0.6) is 0 Å². The van der Waals surface area contributed by atoms with Gasteiger partial charge in [0.1, 0.15) is 0 Å². The number of thiazole rings is 1. The molecule has 1 aliphatic carbocycles. The lowest BCUT2D eigenvalue weighted by molar-refractivity contribution is 0.610. The number of aromatic nitrogens is 1. The molecule has 1 aromatic rings. The monoisotopic (exact) mass is 408 g/mol. The Hall–Kier alpha value is -0.370. The van der Waals surface area contributed by atoms with Gasteiger partial charge < -0.3 is 10.6 Å². The van der Waals surface area contributed by atoms with Gasteiger partial charge in [0, 0.05) is 37.1 Å². The minimum Gasteiger partial charge on any atom is -0.356 e. The quantitative estimate of drug-likeness (QED) is 0.341. The van der Waals surface area contributed by atoms with Crippen molar-refractivity contribution in [2.75, 3.05) is 13.6 Å². The van der Waals surface area contributed by atoms with Crippen molar-refractivity contribution in [3.8, 4) is 0 Å². The zero-order valence-corrected chi connectivity index (χ0v) is 15.5. The highest BCUT2D eigenvalue weighted by Gasteiger charge is 2.15. The molecule has 6 heteroatoms. The van der Waals surface area contributed by atoms with E-state index in [9.17, 15) is 0 Å². The van der Waals surface area contributed by atoms with E-state index in [1.165, 1.54) is 30.7 Å². The van der Waals surface area contributed by atoms with Crippen LogP contribution in [0.25, 0.3) is 0 Å². The van der Waals surface area contributed by atoms with Crippen LogP contribution in [0.4, 0.5) is 0 Å². The Morgan fingerprint density at radius 3 is 2.80 bits per heavy atom. The predicted molar refractivity (Wildman–Crippen MR) is 97.3 cm³/mol. The minimum absolute atomic E-state index is 0. The largest absolute Gasteiger partial charge is 0.356 e. The van der Waals surface area contributed by atoms with Gasteiger partial charge in [0.25, 0.3) is 0 Å². The summed E-state index contributed by atoms with van der Waals surface area (Å²) in [7, 11) is 1.84. The summed E-state index contributed by atoms with van der Waals surface area (Å²) in [4.78, 5) is 8.76. The molecule has 0 radical (unpaired) electrons. The number of guanidine groups is 1. The fourth-order valence-electron chi connectivity index (χ4n) is 2.42. The Labute approximate surface area is 142 Å². The first kappa shape index (κ1) is 17.7. The summed E-state index contributed by atoms with van der Waals surface area (Å²) < 4.78 is 0. The smallest absolute Gasteiger partial charge is 0.191 e. The number of halogens is 1. The van der Waals surface area contributed by atoms with Gasteiger partial charge in [0.15, 0.2) is 5.96 Å². The molecule has 1 heterocycles. The fraction of sp³-hybridized carbons (Fsp3) is 0.714. The van der Waals surface area contributed by atoms with Crippen molar-refractivity contribution in [1.29, 1.82) is 0 Å². The van der Waals surface area contributed by atoms with Gasteiger partial charge in [0.05, 0.1) is 5.01 Å². The molecule has 20 heavy (non-hydrogen) atoms. The Morgan fingerprint density at radius 2 is 2.20 bits per heavy atom. The Balaban J connectivity index is 0.00000200. The average Bonchev–Trinajstić information content (AvgIpc) is 3.05. The summed E-state index contributed by atoms with van der Waals surface area (Å²) in [6.07, 6.45) is 7.39. The third-order valence-electron chi connectivity index (χ3n) is 3.45. The lowest BCUT2D eigenvalue weighted by Gasteiger charge is -2.16. The van der Waals surface area contributed by atoms with E-state index in [1.807, 2.05) is 14.0 Å². The highest BCUT2D eigenvalue weighted by atomic mass is 127. The van der Waals surface area contributed by atoms with Crippen molar-refractivity contribution < 1.29 is 0 Å². The zero-order valence-electron chi connectivity index (χ0n) is 12.3. The van der Waals surface area contributed by atoms with E-state index >= 15 is 0 Å². The Morgan fingerprint density at radius 1 is 1.45 bits per heavy atom. The molecule has 2 rings (SSSR count). The second-order valence-electron chi connectivity index (χ2n) is 5.11. The second-order valence-corrected chi connectivity index (χ2v) is 6.05. The standard InChI is InChI=1S/C14H24N4S.HI/c1-11-10-19-13(17-11)8-5-9-16-14(15-2)18-12-6-3-4-7-12;/h10,12H,3-9H2,1-2H3,(H2,15,16,18);1H. The molecular formula is C14H25IN4S. The minimum atomic E-state index is 0. The lowest BCUT2D eigenvalue weighted by Crippen LogP contribution is -2.42. The first-order valence-corrected chi connectivity index (χ1v) is 8.04. The van der Waals surface area contributed by atoms with Gasteiger partial charge in [-0.05, 0) is 26.2 Å². The van der Waals surface area contributed by atoms with Crippen LogP contribution in [0.3, 0.4) is 0 Å². The van der Waals surface area contributed by atoms with E-state index in [0.717, 1.165) is 31.0 Å². The summed E-state index contributed by atoms with van der Waals surface area (Å²) in [6.45, 7) is 3.00. The average molecular weight is 408 g/mol. The van der Waals surface area contributed by atoms with Crippen molar-refractivity contribution in [3.05, 3.63) is 16.1 Å². The van der Waals surface area contributed by atoms with Gasteiger partial charge in [0.2, 0.25) is 0 Å². The van der Waals surface area contributed by atoms with Crippen LogP contribution >= 0.6 is 35.3 Å². The molecule has 1 saturated carbocycles. The molecule has 0 saturated heterocycles. The molecule has 2 N–H and O–H groups in total. The van der Waals surface area contributed by atoms with Gasteiger partial charge in [-0.3, -0.25) is 4.99 Å². The van der Waals surface area contributed by atoms with Crippen molar-refractivity contribution in [2.45, 2.75) is 51.5 Å². The number of hydrogen-bond acceptors (Lipinski definition) is 3. The molecule has 0 atom stereocenters. The van der Waals surface area contributed by atoms with Crippen LogP contribution in [-0.2, 0) is 6.42 Å². The molecule has 0 aromatic carbocycles. The van der Waals surface area contributed by atoms with Crippen LogP contribution in [0, 0.1) is 6.92 Å². The number of rotatable bonds is 5. The third kappa shape index (κ3) is 5.95. The third-order valence-corrected chi connectivity index (χ3v) is 4.47. The molecule has 0 amide bonds. The van der Waals surface area contributed by atoms with E-state index in [4.69, 9.17) is 0 Å². The summed E-state index contributed by atoms with van der Waals surface area (Å²) in [5.41, 5.74) is 1.13. The van der Waals surface area contributed by atoms with Crippen molar-refractivity contribution >= 4 is 41.3 Å². The second kappa shape index (κ2) is 9.55. The van der Waals surface area contributed by atoms with Gasteiger partial charge >= 0.3 is 0 Å². The van der Waals surface area contributed by atoms with Gasteiger partial charge in [-0.15, -0.1) is 35.3 Å². The molecular weight excluding hydrogens is 383 g/mol. The SMILES string of the molecule is CN=C(NCCCc1nc(C)cs1)NC1CCCC1.I. The predicted octanol–water partition coefficient (Wildman–Crippen LogP) is 3.11. The molecule has 0 unspecified atom stereocenters. The molecule has 0 bridgehead atoms. The lowest BCUT2D eigenvalue weighted by atomic mass is 10.2. The molecule has 0 aliphatic heterocycles. The van der Waals surface area contributed by atoms with E-state index in [2.05, 4.69) is 26.0 Å². The van der Waals surface area contributed by atoms with E-state index < -0.39 is 0 Å². The van der Waals surface area contributed by atoms with E-state index in [-0.39, 0.29) is 24.0 Å². The number of hydrogen-bond donors (Lipinski definition) is 2. The van der Waals surface area contributed by atoms with Crippen LogP contribution < -0.4 is 10.6 Å². The first-order valence-electron chi connectivity index (χ1n) is 7.16. The van der Waals surface area contributed by atoms with E-state index in [0.29, 0.717) is 6.04 Å². The molecule has 114 valence electrons. The maximum Gasteiger partial charge on any atom is 0.191 e. The molecule has 1 fully saturated rings. The summed E-state index contributed by atoms with van der Waals surface area (Å²) >= 11 is 1.76. The van der Waals surface area contributed by atoms with Gasteiger partial charge in [-0.2, -0.15) is 0 Å². The number of aliphatic imine (C=N–C) groups is 1. The normalized spacial score (nSPS) is 16.0. The number of aryl methyl sites for hydroxylation is 2. The zero-order chi connectivity index (χ0) is 13.5. The van der Waals surface area contributed by atoms with E-state index in [1.54, 1.807) is 11.3 Å².